The molecule has 0 aliphatic heterocycles. The zero-order valence-electron chi connectivity index (χ0n) is 14.9. The lowest BCUT2D eigenvalue weighted by molar-refractivity contribution is -0.394. The van der Waals surface area contributed by atoms with Crippen LogP contribution in [0.4, 0.5) is 11.4 Å². The summed E-state index contributed by atoms with van der Waals surface area (Å²) in [5.41, 5.74) is 0.672. The summed E-state index contributed by atoms with van der Waals surface area (Å²) in [5, 5.41) is 35.5. The predicted octanol–water partition coefficient (Wildman–Crippen LogP) is 4.23. The van der Waals surface area contributed by atoms with Gasteiger partial charge in [-0.2, -0.15) is 0 Å². The lowest BCUT2D eigenvalue weighted by Gasteiger charge is -2.13. The molecule has 1 unspecified atom stereocenters. The molecular weight excluding hydrogens is 354 g/mol. The number of nitro groups is 2. The van der Waals surface area contributed by atoms with E-state index >= 15 is 0 Å². The molecule has 0 saturated carbocycles. The normalized spacial score (nSPS) is 12.4. The monoisotopic (exact) mass is 373 g/mol. The van der Waals surface area contributed by atoms with Gasteiger partial charge in [-0.1, -0.05) is 31.1 Å². The van der Waals surface area contributed by atoms with Gasteiger partial charge in [0.25, 0.3) is 5.69 Å². The molecule has 0 aliphatic rings. The molecule has 0 aliphatic carbocycles. The second kappa shape index (κ2) is 8.75. The molecule has 2 aromatic rings. The van der Waals surface area contributed by atoms with Crippen molar-refractivity contribution in [3.8, 4) is 11.5 Å². The molecule has 1 atom stereocenters. The quantitative estimate of drug-likeness (QED) is 0.419. The average molecular weight is 373 g/mol. The fourth-order valence-corrected chi connectivity index (χ4v) is 2.60. The number of nitrogens with zero attached hydrogens (tertiary/aromatic N) is 3. The fraction of sp³-hybridized carbons (Fsp3) is 0.278. The highest BCUT2D eigenvalue weighted by Gasteiger charge is 2.21. The minimum Gasteiger partial charge on any atom is -0.508 e. The van der Waals surface area contributed by atoms with Gasteiger partial charge in [-0.15, -0.1) is 0 Å². The molecule has 0 fully saturated rings. The highest BCUT2D eigenvalue weighted by molar-refractivity contribution is 5.86. The van der Waals surface area contributed by atoms with Crippen LogP contribution >= 0.6 is 0 Å². The number of rotatable bonds is 8. The van der Waals surface area contributed by atoms with Crippen molar-refractivity contribution in [3.63, 3.8) is 0 Å². The third kappa shape index (κ3) is 5.24. The molecule has 27 heavy (non-hydrogen) atoms. The van der Waals surface area contributed by atoms with Crippen LogP contribution in [0.3, 0.4) is 0 Å². The van der Waals surface area contributed by atoms with Gasteiger partial charge < -0.3 is 9.94 Å². The SMILES string of the molecule is CC/C(=N\Oc1ccc([N+](=O)[O-])cc1[N+](=O)[O-])C(C)Cc1cccc(O)c1. The van der Waals surface area contributed by atoms with Crippen molar-refractivity contribution in [1.29, 1.82) is 0 Å². The summed E-state index contributed by atoms with van der Waals surface area (Å²) in [6.07, 6.45) is 1.16. The van der Waals surface area contributed by atoms with Crippen molar-refractivity contribution >= 4 is 17.1 Å². The van der Waals surface area contributed by atoms with E-state index in [1.54, 1.807) is 18.2 Å². The van der Waals surface area contributed by atoms with Gasteiger partial charge >= 0.3 is 5.69 Å². The number of hydrogen-bond acceptors (Lipinski definition) is 7. The number of benzene rings is 2. The molecule has 0 heterocycles. The number of nitro benzene ring substituents is 2. The van der Waals surface area contributed by atoms with Gasteiger partial charge in [0.05, 0.1) is 21.6 Å². The summed E-state index contributed by atoms with van der Waals surface area (Å²) < 4.78 is 0. The number of non-ortho nitro benzene ring substituents is 1. The first-order valence-electron chi connectivity index (χ1n) is 8.26. The molecule has 2 rings (SSSR count). The highest BCUT2D eigenvalue weighted by atomic mass is 16.7. The van der Waals surface area contributed by atoms with E-state index in [1.807, 2.05) is 19.9 Å². The molecule has 0 spiro atoms. The number of aromatic hydroxyl groups is 1. The maximum absolute atomic E-state index is 11.1. The van der Waals surface area contributed by atoms with Crippen molar-refractivity contribution in [1.82, 2.24) is 0 Å². The fourth-order valence-electron chi connectivity index (χ4n) is 2.60. The maximum atomic E-state index is 11.1. The van der Waals surface area contributed by atoms with Crippen LogP contribution in [0.5, 0.6) is 11.5 Å². The van der Waals surface area contributed by atoms with Crippen LogP contribution in [0, 0.1) is 26.1 Å². The Balaban J connectivity index is 2.20. The number of phenols is 1. The summed E-state index contributed by atoms with van der Waals surface area (Å²) in [6, 6.07) is 9.99. The van der Waals surface area contributed by atoms with E-state index in [0.29, 0.717) is 18.6 Å². The van der Waals surface area contributed by atoms with Crippen molar-refractivity contribution in [3.05, 3.63) is 68.3 Å². The van der Waals surface area contributed by atoms with Crippen LogP contribution in [0.2, 0.25) is 0 Å². The van der Waals surface area contributed by atoms with Crippen molar-refractivity contribution < 1.29 is 19.8 Å². The molecule has 0 aromatic heterocycles. The van der Waals surface area contributed by atoms with Gasteiger partial charge in [0.15, 0.2) is 0 Å². The highest BCUT2D eigenvalue weighted by Crippen LogP contribution is 2.31. The lowest BCUT2D eigenvalue weighted by Crippen LogP contribution is -2.14. The minimum atomic E-state index is -0.750. The van der Waals surface area contributed by atoms with E-state index in [2.05, 4.69) is 5.16 Å². The van der Waals surface area contributed by atoms with Crippen LogP contribution < -0.4 is 4.84 Å². The summed E-state index contributed by atoms with van der Waals surface area (Å²) >= 11 is 0. The zero-order chi connectivity index (χ0) is 20.0. The molecule has 1 N–H and O–H groups in total. The molecule has 0 saturated heterocycles. The molecular formula is C18H19N3O6. The Morgan fingerprint density at radius 2 is 1.93 bits per heavy atom. The molecule has 142 valence electrons. The zero-order valence-corrected chi connectivity index (χ0v) is 14.9. The van der Waals surface area contributed by atoms with Gasteiger partial charge in [-0.3, -0.25) is 20.2 Å². The molecule has 0 amide bonds. The lowest BCUT2D eigenvalue weighted by atomic mass is 9.95. The van der Waals surface area contributed by atoms with Crippen LogP contribution in [0.15, 0.2) is 47.6 Å². The van der Waals surface area contributed by atoms with E-state index in [1.165, 1.54) is 0 Å². The molecule has 9 heteroatoms. The summed E-state index contributed by atoms with van der Waals surface area (Å²) in [4.78, 5) is 25.7. The van der Waals surface area contributed by atoms with Gasteiger partial charge in [0, 0.05) is 12.0 Å². The van der Waals surface area contributed by atoms with Gasteiger partial charge in [-0.05, 0) is 36.6 Å². The first kappa shape index (κ1) is 19.8. The van der Waals surface area contributed by atoms with Crippen LogP contribution in [-0.2, 0) is 6.42 Å². The van der Waals surface area contributed by atoms with E-state index < -0.39 is 21.2 Å². The minimum absolute atomic E-state index is 0.0334. The average Bonchev–Trinajstić information content (AvgIpc) is 2.62. The van der Waals surface area contributed by atoms with Gasteiger partial charge in [-0.25, -0.2) is 0 Å². The largest absolute Gasteiger partial charge is 0.508 e. The van der Waals surface area contributed by atoms with Crippen LogP contribution in [-0.4, -0.2) is 20.7 Å². The van der Waals surface area contributed by atoms with Crippen molar-refractivity contribution in [2.45, 2.75) is 26.7 Å². The Morgan fingerprint density at radius 1 is 1.19 bits per heavy atom. The predicted molar refractivity (Wildman–Crippen MR) is 99.1 cm³/mol. The number of hydrogen-bond donors (Lipinski definition) is 1. The Morgan fingerprint density at radius 3 is 2.52 bits per heavy atom. The Bertz CT molecular complexity index is 881. The van der Waals surface area contributed by atoms with Crippen molar-refractivity contribution in [2.24, 2.45) is 11.1 Å². The summed E-state index contributed by atoms with van der Waals surface area (Å²) in [6.45, 7) is 3.81. The third-order valence-electron chi connectivity index (χ3n) is 3.99. The van der Waals surface area contributed by atoms with E-state index in [9.17, 15) is 25.3 Å². The van der Waals surface area contributed by atoms with E-state index in [0.717, 1.165) is 23.8 Å². The van der Waals surface area contributed by atoms with E-state index in [4.69, 9.17) is 4.84 Å². The van der Waals surface area contributed by atoms with Gasteiger partial charge in [0.1, 0.15) is 5.75 Å². The Kier molecular flexibility index (Phi) is 6.42. The first-order chi connectivity index (χ1) is 12.8. The van der Waals surface area contributed by atoms with E-state index in [-0.39, 0.29) is 17.4 Å². The standard InChI is InChI=1S/C18H19N3O6/c1-3-16(12(2)9-13-5-4-6-15(22)10-13)19-27-18-8-7-14(20(23)24)11-17(18)21(25)26/h4-8,10-12,22H,3,9H2,1-2H3/b19-16+. The third-order valence-corrected chi connectivity index (χ3v) is 3.99. The van der Waals surface area contributed by atoms with Crippen molar-refractivity contribution in [2.75, 3.05) is 0 Å². The second-order valence-corrected chi connectivity index (χ2v) is 5.97. The maximum Gasteiger partial charge on any atom is 0.321 e. The van der Waals surface area contributed by atoms with Crippen LogP contribution in [0.25, 0.3) is 0 Å². The number of phenolic OH excluding ortho intramolecular Hbond substituents is 1. The molecule has 2 aromatic carbocycles. The Hall–Kier alpha value is -3.49. The summed E-state index contributed by atoms with van der Waals surface area (Å²) in [5.74, 6) is -0.0255. The topological polar surface area (TPSA) is 128 Å². The van der Waals surface area contributed by atoms with Crippen LogP contribution in [0.1, 0.15) is 25.8 Å². The second-order valence-electron chi connectivity index (χ2n) is 5.97. The van der Waals surface area contributed by atoms with Gasteiger partial charge in [0.2, 0.25) is 5.75 Å². The molecule has 9 nitrogen and oxygen atoms in total. The molecule has 0 bridgehead atoms. The first-order valence-corrected chi connectivity index (χ1v) is 8.26. The summed E-state index contributed by atoms with van der Waals surface area (Å²) in [7, 11) is 0. The molecule has 0 radical (unpaired) electrons. The Labute approximate surface area is 155 Å². The smallest absolute Gasteiger partial charge is 0.321 e. The number of oxime groups is 1.